The highest BCUT2D eigenvalue weighted by Gasteiger charge is 2.00. The molecule has 0 saturated carbocycles. The molecule has 0 amide bonds. The summed E-state index contributed by atoms with van der Waals surface area (Å²) >= 11 is 11.6. The molecule has 2 nitrogen and oxygen atoms in total. The van der Waals surface area contributed by atoms with Gasteiger partial charge in [0.1, 0.15) is 0 Å². The van der Waals surface area contributed by atoms with Crippen molar-refractivity contribution < 1.29 is 4.79 Å². The lowest BCUT2D eigenvalue weighted by Gasteiger charge is -2.03. The van der Waals surface area contributed by atoms with E-state index in [1.165, 1.54) is 70.6 Å². The minimum Gasteiger partial charge on any atom is -0.211 e. The summed E-state index contributed by atoms with van der Waals surface area (Å²) in [4.78, 5) is 13.4. The Morgan fingerprint density at radius 3 is 1.50 bits per heavy atom. The first kappa shape index (κ1) is 20.2. The first-order chi connectivity index (χ1) is 9.77. The van der Waals surface area contributed by atoms with E-state index in [2.05, 4.69) is 4.99 Å². The number of carbonyl (C=O) groups excluding carboxylic acids is 1. The van der Waals surface area contributed by atoms with Crippen LogP contribution in [0, 0.1) is 0 Å². The van der Waals surface area contributed by atoms with Crippen molar-refractivity contribution in [1.29, 1.82) is 0 Å². The highest BCUT2D eigenvalue weighted by atomic mass is 35.7. The Kier molecular flexibility index (Phi) is 17.4. The highest BCUT2D eigenvalue weighted by molar-refractivity contribution is 7.33. The Hall–Kier alpha value is 0.177. The zero-order chi connectivity index (χ0) is 14.9. The SMILES string of the molecule is O=C=NCCCCCCCCCCCCCC[SiH](Cl)Cl. The molecule has 0 spiro atoms. The van der Waals surface area contributed by atoms with E-state index < -0.39 is 7.42 Å². The van der Waals surface area contributed by atoms with Crippen LogP contribution >= 0.6 is 22.2 Å². The third-order valence-electron chi connectivity index (χ3n) is 3.51. The summed E-state index contributed by atoms with van der Waals surface area (Å²) in [5.41, 5.74) is 0. The fourth-order valence-electron chi connectivity index (χ4n) is 2.30. The molecule has 118 valence electrons. The van der Waals surface area contributed by atoms with Gasteiger partial charge in [0.15, 0.2) is 0 Å². The predicted octanol–water partition coefficient (Wildman–Crippen LogP) is 5.70. The van der Waals surface area contributed by atoms with Crippen molar-refractivity contribution in [2.75, 3.05) is 6.54 Å². The molecule has 0 fully saturated rings. The molecule has 0 unspecified atom stereocenters. The van der Waals surface area contributed by atoms with Gasteiger partial charge in [-0.1, -0.05) is 70.6 Å². The Balaban J connectivity index is 2.97. The van der Waals surface area contributed by atoms with Crippen molar-refractivity contribution in [3.63, 3.8) is 0 Å². The lowest BCUT2D eigenvalue weighted by molar-refractivity contribution is 0.543. The molecule has 0 aliphatic carbocycles. The highest BCUT2D eigenvalue weighted by Crippen LogP contribution is 2.14. The van der Waals surface area contributed by atoms with Crippen molar-refractivity contribution in [2.24, 2.45) is 4.99 Å². The standard InChI is InChI=1S/C15H29Cl2NOSi/c16-20(17)14-12-10-8-6-4-2-1-3-5-7-9-11-13-18-15-19/h20H,1-14H2. The number of nitrogens with zero attached hydrogens (tertiary/aromatic N) is 1. The van der Waals surface area contributed by atoms with E-state index in [-0.39, 0.29) is 0 Å². The first-order valence-electron chi connectivity index (χ1n) is 8.09. The maximum absolute atomic E-state index is 9.85. The summed E-state index contributed by atoms with van der Waals surface area (Å²) in [6.45, 7) is 0.653. The van der Waals surface area contributed by atoms with Gasteiger partial charge in [-0.2, -0.15) is 22.2 Å². The second kappa shape index (κ2) is 17.2. The molecule has 0 saturated heterocycles. The minimum atomic E-state index is -1.34. The van der Waals surface area contributed by atoms with Gasteiger partial charge in [0.2, 0.25) is 13.5 Å². The molecule has 0 rings (SSSR count). The van der Waals surface area contributed by atoms with E-state index in [9.17, 15) is 4.79 Å². The Bertz CT molecular complexity index is 246. The minimum absolute atomic E-state index is 0.653. The molecule has 0 aliphatic heterocycles. The van der Waals surface area contributed by atoms with Gasteiger partial charge in [-0.05, 0) is 12.5 Å². The summed E-state index contributed by atoms with van der Waals surface area (Å²) in [5.74, 6) is 0. The average molecular weight is 338 g/mol. The molecule has 0 aliphatic rings. The van der Waals surface area contributed by atoms with E-state index in [4.69, 9.17) is 22.2 Å². The average Bonchev–Trinajstić information content (AvgIpc) is 2.43. The lowest BCUT2D eigenvalue weighted by atomic mass is 10.1. The monoisotopic (exact) mass is 337 g/mol. The molecule has 0 bridgehead atoms. The van der Waals surface area contributed by atoms with Crippen LogP contribution in [0.4, 0.5) is 0 Å². The summed E-state index contributed by atoms with van der Waals surface area (Å²) in [5, 5.41) is 0. The van der Waals surface area contributed by atoms with Gasteiger partial charge < -0.3 is 0 Å². The summed E-state index contributed by atoms with van der Waals surface area (Å²) < 4.78 is 0. The molecule has 0 aromatic rings. The molecular weight excluding hydrogens is 309 g/mol. The van der Waals surface area contributed by atoms with E-state index in [0.29, 0.717) is 6.54 Å². The van der Waals surface area contributed by atoms with Crippen molar-refractivity contribution in [2.45, 2.75) is 83.1 Å². The number of hydrogen-bond donors (Lipinski definition) is 0. The quantitative estimate of drug-likeness (QED) is 0.124. The number of rotatable bonds is 15. The van der Waals surface area contributed by atoms with E-state index in [1.807, 2.05) is 0 Å². The van der Waals surface area contributed by atoms with Crippen LogP contribution in [0.5, 0.6) is 0 Å². The molecule has 0 aromatic carbocycles. The fraction of sp³-hybridized carbons (Fsp3) is 0.933. The van der Waals surface area contributed by atoms with Gasteiger partial charge >= 0.3 is 0 Å². The molecule has 0 heterocycles. The molecule has 0 N–H and O–H groups in total. The Morgan fingerprint density at radius 1 is 0.700 bits per heavy atom. The van der Waals surface area contributed by atoms with Crippen LogP contribution in [0.15, 0.2) is 4.99 Å². The molecule has 0 aromatic heterocycles. The van der Waals surface area contributed by atoms with Crippen molar-refractivity contribution >= 4 is 35.7 Å². The number of unbranched alkanes of at least 4 members (excludes halogenated alkanes) is 11. The van der Waals surface area contributed by atoms with Crippen LogP contribution in [0.25, 0.3) is 0 Å². The second-order valence-corrected chi connectivity index (χ2v) is 10.6. The molecule has 0 atom stereocenters. The predicted molar refractivity (Wildman–Crippen MR) is 92.1 cm³/mol. The molecule has 5 heteroatoms. The summed E-state index contributed by atoms with van der Waals surface area (Å²) in [6.07, 6.45) is 17.1. The van der Waals surface area contributed by atoms with Crippen molar-refractivity contribution in [1.82, 2.24) is 0 Å². The van der Waals surface area contributed by atoms with Gasteiger partial charge in [0, 0.05) is 0 Å². The van der Waals surface area contributed by atoms with Crippen LogP contribution < -0.4 is 0 Å². The van der Waals surface area contributed by atoms with Crippen LogP contribution in [0.3, 0.4) is 0 Å². The van der Waals surface area contributed by atoms with Gasteiger partial charge in [0.25, 0.3) is 0 Å². The van der Waals surface area contributed by atoms with Gasteiger partial charge in [-0.25, -0.2) is 9.79 Å². The van der Waals surface area contributed by atoms with E-state index in [0.717, 1.165) is 12.5 Å². The second-order valence-electron chi connectivity index (χ2n) is 5.40. The Morgan fingerprint density at radius 2 is 1.10 bits per heavy atom. The van der Waals surface area contributed by atoms with Gasteiger partial charge in [0.05, 0.1) is 6.54 Å². The van der Waals surface area contributed by atoms with E-state index in [1.54, 1.807) is 6.08 Å². The van der Waals surface area contributed by atoms with Crippen LogP contribution in [0.1, 0.15) is 77.0 Å². The Labute approximate surface area is 135 Å². The maximum atomic E-state index is 9.85. The van der Waals surface area contributed by atoms with Crippen LogP contribution in [-0.4, -0.2) is 20.0 Å². The number of isocyanates is 1. The smallest absolute Gasteiger partial charge is 0.211 e. The van der Waals surface area contributed by atoms with Crippen LogP contribution in [-0.2, 0) is 4.79 Å². The van der Waals surface area contributed by atoms with Crippen molar-refractivity contribution in [3.05, 3.63) is 0 Å². The molecule has 0 radical (unpaired) electrons. The molecule has 20 heavy (non-hydrogen) atoms. The zero-order valence-corrected chi connectivity index (χ0v) is 15.3. The van der Waals surface area contributed by atoms with Crippen LogP contribution in [0.2, 0.25) is 6.04 Å². The number of hydrogen-bond acceptors (Lipinski definition) is 2. The molecular formula is C15H29Cl2NOSi. The van der Waals surface area contributed by atoms with Gasteiger partial charge in [-0.15, -0.1) is 0 Å². The first-order valence-corrected chi connectivity index (χ1v) is 12.4. The third-order valence-corrected chi connectivity index (χ3v) is 5.66. The van der Waals surface area contributed by atoms with Gasteiger partial charge in [-0.3, -0.25) is 0 Å². The normalized spacial score (nSPS) is 10.8. The van der Waals surface area contributed by atoms with E-state index >= 15 is 0 Å². The van der Waals surface area contributed by atoms with Crippen molar-refractivity contribution in [3.8, 4) is 0 Å². The third kappa shape index (κ3) is 18.2. The summed E-state index contributed by atoms with van der Waals surface area (Å²) in [7, 11) is -1.34. The fourth-order valence-corrected chi connectivity index (χ4v) is 3.83. The largest absolute Gasteiger partial charge is 0.237 e. The maximum Gasteiger partial charge on any atom is 0.237 e. The lowest BCUT2D eigenvalue weighted by Crippen LogP contribution is -1.91. The zero-order valence-electron chi connectivity index (χ0n) is 12.6. The number of aliphatic imine (C=N–C) groups is 1. The summed E-state index contributed by atoms with van der Waals surface area (Å²) in [6, 6.07) is 1.07. The number of halogens is 2. The topological polar surface area (TPSA) is 29.4 Å².